The molecule has 5 rings (SSSR count). The lowest BCUT2D eigenvalue weighted by molar-refractivity contribution is -0.116. The van der Waals surface area contributed by atoms with E-state index in [1.165, 1.54) is 0 Å². The minimum atomic E-state index is -0.619. The van der Waals surface area contributed by atoms with Crippen molar-refractivity contribution in [1.29, 1.82) is 0 Å². The van der Waals surface area contributed by atoms with Crippen molar-refractivity contribution in [2.45, 2.75) is 66.2 Å². The Hall–Kier alpha value is -4.50. The Morgan fingerprint density at radius 3 is 2.54 bits per heavy atom. The Bertz CT molecular complexity index is 1890. The van der Waals surface area contributed by atoms with Gasteiger partial charge in [-0.15, -0.1) is 21.5 Å². The van der Waals surface area contributed by atoms with Crippen molar-refractivity contribution in [2.24, 2.45) is 4.99 Å². The van der Waals surface area contributed by atoms with E-state index in [-0.39, 0.29) is 25.5 Å². The summed E-state index contributed by atoms with van der Waals surface area (Å²) >= 11 is 7.85. The highest BCUT2D eigenvalue weighted by Crippen LogP contribution is 2.39. The summed E-state index contributed by atoms with van der Waals surface area (Å²) in [6.07, 6.45) is -0.552. The van der Waals surface area contributed by atoms with Gasteiger partial charge in [0.05, 0.1) is 25.3 Å². The number of aliphatic imine (C=N–C) groups is 1. The lowest BCUT2D eigenvalue weighted by Crippen LogP contribution is -2.32. The number of aromatic nitrogens is 3. The number of carbonyl (C=O) groups excluding carboxylic acids is 2. The number of nitrogens with one attached hydrogen (secondary N) is 2. The first-order chi connectivity index (χ1) is 21.8. The molecular formula is C34H35ClN6O4S. The summed E-state index contributed by atoms with van der Waals surface area (Å²) in [4.78, 5) is 31.6. The van der Waals surface area contributed by atoms with Crippen LogP contribution in [-0.2, 0) is 16.1 Å². The minimum absolute atomic E-state index is 0.00848. The summed E-state index contributed by atoms with van der Waals surface area (Å²) < 4.78 is 7.20. The lowest BCUT2D eigenvalue weighted by atomic mass is 9.99. The van der Waals surface area contributed by atoms with Crippen LogP contribution >= 0.6 is 22.9 Å². The largest absolute Gasteiger partial charge is 0.444 e. The number of aliphatic hydroxyl groups is 1. The zero-order valence-corrected chi connectivity index (χ0v) is 28.1. The number of anilines is 1. The van der Waals surface area contributed by atoms with Gasteiger partial charge in [0.15, 0.2) is 5.82 Å². The highest BCUT2D eigenvalue weighted by Gasteiger charge is 2.32. The number of carbonyl (C=O) groups is 2. The molecule has 3 N–H and O–H groups in total. The summed E-state index contributed by atoms with van der Waals surface area (Å²) in [5.74, 6) is 6.83. The topological polar surface area (TPSA) is 131 Å². The van der Waals surface area contributed by atoms with E-state index in [1.54, 1.807) is 50.3 Å². The number of thiophene rings is 1. The Morgan fingerprint density at radius 2 is 1.85 bits per heavy atom. The van der Waals surface area contributed by atoms with Crippen molar-refractivity contribution in [2.75, 3.05) is 11.9 Å². The molecule has 0 bridgehead atoms. The molecule has 0 spiro atoms. The van der Waals surface area contributed by atoms with Crippen molar-refractivity contribution < 1.29 is 19.4 Å². The summed E-state index contributed by atoms with van der Waals surface area (Å²) in [6, 6.07) is 12.0. The Balaban J connectivity index is 1.38. The number of rotatable bonds is 6. The van der Waals surface area contributed by atoms with E-state index in [0.29, 0.717) is 33.5 Å². The molecule has 3 heterocycles. The fourth-order valence-electron chi connectivity index (χ4n) is 5.01. The molecular weight excluding hydrogens is 624 g/mol. The molecule has 2 aromatic heterocycles. The van der Waals surface area contributed by atoms with Crippen LogP contribution in [0.3, 0.4) is 0 Å². The van der Waals surface area contributed by atoms with E-state index >= 15 is 0 Å². The molecule has 0 saturated heterocycles. The maximum atomic E-state index is 13.5. The SMILES string of the molecule is Cc1sc2c(c1C)C(c1ccc(Cl)cc1)=N[C@@H](CC(=O)Nc1ccc(C#CCNC(=O)OC(C)(C)C)c(CO)c1)c1nnc(C)n1-2. The monoisotopic (exact) mass is 658 g/mol. The normalized spacial score (nSPS) is 13.8. The number of halogens is 1. The number of fused-ring (bicyclic) bond motifs is 3. The molecule has 2 amide bonds. The lowest BCUT2D eigenvalue weighted by Gasteiger charge is -2.19. The summed E-state index contributed by atoms with van der Waals surface area (Å²) in [7, 11) is 0. The van der Waals surface area contributed by atoms with Gasteiger partial charge < -0.3 is 20.5 Å². The van der Waals surface area contributed by atoms with Gasteiger partial charge in [0.2, 0.25) is 5.91 Å². The number of benzene rings is 2. The average Bonchev–Trinajstić information content (AvgIpc) is 3.47. The molecule has 1 aliphatic heterocycles. The second-order valence-electron chi connectivity index (χ2n) is 11.8. The molecule has 0 saturated carbocycles. The summed E-state index contributed by atoms with van der Waals surface area (Å²) in [5.41, 5.74) is 4.76. The predicted octanol–water partition coefficient (Wildman–Crippen LogP) is 6.20. The number of amides is 2. The van der Waals surface area contributed by atoms with Gasteiger partial charge >= 0.3 is 6.09 Å². The molecule has 4 aromatic rings. The van der Waals surface area contributed by atoms with Gasteiger partial charge in [0, 0.05) is 32.3 Å². The van der Waals surface area contributed by atoms with Gasteiger partial charge in [-0.3, -0.25) is 14.4 Å². The maximum Gasteiger partial charge on any atom is 0.408 e. The number of aryl methyl sites for hydroxylation is 2. The second-order valence-corrected chi connectivity index (χ2v) is 13.5. The third kappa shape index (κ3) is 7.31. The van der Waals surface area contributed by atoms with Crippen molar-refractivity contribution in [3.63, 3.8) is 0 Å². The average molecular weight is 659 g/mol. The number of alkyl carbamates (subject to hydrolysis) is 1. The Labute approximate surface area is 276 Å². The van der Waals surface area contributed by atoms with Gasteiger partial charge in [-0.25, -0.2) is 4.79 Å². The van der Waals surface area contributed by atoms with Crippen molar-refractivity contribution in [3.8, 4) is 16.8 Å². The quantitative estimate of drug-likeness (QED) is 0.212. The molecule has 0 aliphatic carbocycles. The van der Waals surface area contributed by atoms with Crippen LogP contribution < -0.4 is 10.6 Å². The minimum Gasteiger partial charge on any atom is -0.444 e. The molecule has 46 heavy (non-hydrogen) atoms. The molecule has 2 aromatic carbocycles. The van der Waals surface area contributed by atoms with Crippen molar-refractivity contribution in [3.05, 3.63) is 91.8 Å². The summed E-state index contributed by atoms with van der Waals surface area (Å²) in [5, 5.41) is 25.9. The molecule has 1 aliphatic rings. The van der Waals surface area contributed by atoms with E-state index in [4.69, 9.17) is 21.3 Å². The van der Waals surface area contributed by atoms with Crippen LogP contribution in [0.25, 0.3) is 5.00 Å². The standard InChI is InChI=1S/C34H35ClN6O4S/c1-19-20(2)46-32-29(19)30(23-9-12-25(35)13-10-23)38-27(31-40-39-21(3)41(31)32)17-28(43)37-26-14-11-22(24(16-26)18-42)8-7-15-36-33(44)45-34(4,5)6/h9-14,16,27,42H,15,17-18H2,1-6H3,(H,36,44)(H,37,43)/t27-/m0/s1. The van der Waals surface area contributed by atoms with Crippen LogP contribution in [0.1, 0.15) is 77.6 Å². The second kappa shape index (κ2) is 13.5. The fourth-order valence-corrected chi connectivity index (χ4v) is 6.35. The van der Waals surface area contributed by atoms with Crippen LogP contribution in [0.5, 0.6) is 0 Å². The number of ether oxygens (including phenoxy) is 1. The third-order valence-electron chi connectivity index (χ3n) is 7.24. The van der Waals surface area contributed by atoms with Crippen LogP contribution in [-0.4, -0.2) is 49.7 Å². The highest BCUT2D eigenvalue weighted by molar-refractivity contribution is 7.15. The predicted molar refractivity (Wildman–Crippen MR) is 180 cm³/mol. The van der Waals surface area contributed by atoms with E-state index in [0.717, 1.165) is 32.3 Å². The Morgan fingerprint density at radius 1 is 1.11 bits per heavy atom. The fraction of sp³-hybridized carbons (Fsp3) is 0.324. The zero-order valence-electron chi connectivity index (χ0n) is 26.5. The van der Waals surface area contributed by atoms with Gasteiger partial charge in [0.25, 0.3) is 0 Å². The zero-order chi connectivity index (χ0) is 33.2. The van der Waals surface area contributed by atoms with Gasteiger partial charge in [-0.05, 0) is 83.0 Å². The molecule has 0 unspecified atom stereocenters. The van der Waals surface area contributed by atoms with E-state index in [1.807, 2.05) is 35.8 Å². The maximum absolute atomic E-state index is 13.5. The van der Waals surface area contributed by atoms with Gasteiger partial charge in [-0.1, -0.05) is 35.6 Å². The number of aliphatic hydroxyl groups excluding tert-OH is 1. The highest BCUT2D eigenvalue weighted by atomic mass is 35.5. The van der Waals surface area contributed by atoms with E-state index in [9.17, 15) is 14.7 Å². The molecule has 0 fully saturated rings. The van der Waals surface area contributed by atoms with Crippen LogP contribution in [0, 0.1) is 32.6 Å². The Kier molecular flexibility index (Phi) is 9.63. The first kappa shape index (κ1) is 32.9. The molecule has 1 atom stereocenters. The number of nitrogens with zero attached hydrogens (tertiary/aromatic N) is 4. The van der Waals surface area contributed by atoms with Crippen LogP contribution in [0.4, 0.5) is 10.5 Å². The molecule has 0 radical (unpaired) electrons. The van der Waals surface area contributed by atoms with Gasteiger partial charge in [0.1, 0.15) is 22.5 Å². The van der Waals surface area contributed by atoms with Crippen LogP contribution in [0.15, 0.2) is 47.5 Å². The van der Waals surface area contributed by atoms with E-state index in [2.05, 4.69) is 46.5 Å². The smallest absolute Gasteiger partial charge is 0.408 e. The number of hydrogen-bond donors (Lipinski definition) is 3. The van der Waals surface area contributed by atoms with Crippen LogP contribution in [0.2, 0.25) is 5.02 Å². The van der Waals surface area contributed by atoms with Crippen molar-refractivity contribution in [1.82, 2.24) is 20.1 Å². The third-order valence-corrected chi connectivity index (χ3v) is 8.68. The molecule has 10 nitrogen and oxygen atoms in total. The van der Waals surface area contributed by atoms with Crippen molar-refractivity contribution >= 4 is 46.3 Å². The van der Waals surface area contributed by atoms with E-state index < -0.39 is 17.7 Å². The van der Waals surface area contributed by atoms with Gasteiger partial charge in [-0.2, -0.15) is 0 Å². The summed E-state index contributed by atoms with van der Waals surface area (Å²) in [6.45, 7) is 11.2. The first-order valence-electron chi connectivity index (χ1n) is 14.7. The molecule has 12 heteroatoms. The molecule has 238 valence electrons. The first-order valence-corrected chi connectivity index (χ1v) is 15.9. The number of hydrogen-bond acceptors (Lipinski definition) is 8.